The Bertz CT molecular complexity index is 887. The van der Waals surface area contributed by atoms with Gasteiger partial charge in [0.15, 0.2) is 8.32 Å². The molecule has 3 rings (SSSR count). The Morgan fingerprint density at radius 1 is 1.06 bits per heavy atom. The van der Waals surface area contributed by atoms with Crippen molar-refractivity contribution in [2.24, 2.45) is 5.92 Å². The monoisotopic (exact) mass is 581 g/mol. The van der Waals surface area contributed by atoms with Crippen molar-refractivity contribution in [1.29, 1.82) is 0 Å². The third-order valence-corrected chi connectivity index (χ3v) is 9.91. The number of aliphatic hydroxyl groups is 1. The number of rotatable bonds is 10. The van der Waals surface area contributed by atoms with Gasteiger partial charge in [0, 0.05) is 22.2 Å². The lowest BCUT2D eigenvalue weighted by atomic mass is 9.95. The van der Waals surface area contributed by atoms with Crippen LogP contribution in [-0.4, -0.2) is 54.4 Å². The average molecular weight is 582 g/mol. The number of aryl methyl sites for hydroxylation is 1. The van der Waals surface area contributed by atoms with Crippen molar-refractivity contribution in [1.82, 2.24) is 4.90 Å². The largest absolute Gasteiger partial charge is 0.432 e. The molecule has 2 aromatic carbocycles. The Kier molecular flexibility index (Phi) is 9.52. The molecule has 1 aliphatic rings. The van der Waals surface area contributed by atoms with E-state index in [-0.39, 0.29) is 49.1 Å². The highest BCUT2D eigenvalue weighted by molar-refractivity contribution is 14.1. The van der Waals surface area contributed by atoms with Crippen molar-refractivity contribution in [3.63, 3.8) is 0 Å². The van der Waals surface area contributed by atoms with E-state index >= 15 is 0 Å². The molecule has 0 aromatic heterocycles. The van der Waals surface area contributed by atoms with Gasteiger partial charge < -0.3 is 19.5 Å². The topological polar surface area (TPSA) is 70.0 Å². The Labute approximate surface area is 212 Å². The van der Waals surface area contributed by atoms with E-state index in [9.17, 15) is 14.7 Å². The minimum atomic E-state index is -2.55. The van der Waals surface area contributed by atoms with Gasteiger partial charge in [0.05, 0.1) is 25.2 Å². The summed E-state index contributed by atoms with van der Waals surface area (Å²) in [6.07, 6.45) is 1.75. The molecule has 1 aliphatic heterocycles. The van der Waals surface area contributed by atoms with Crippen molar-refractivity contribution in [2.75, 3.05) is 13.2 Å². The zero-order valence-electron chi connectivity index (χ0n) is 19.8. The second kappa shape index (κ2) is 11.9. The van der Waals surface area contributed by atoms with Gasteiger partial charge in [0.2, 0.25) is 5.91 Å². The summed E-state index contributed by atoms with van der Waals surface area (Å²) in [6, 6.07) is 18.4. The maximum Gasteiger partial charge on any atom is 0.225 e. The molecule has 7 heteroatoms. The maximum absolute atomic E-state index is 13.3. The summed E-state index contributed by atoms with van der Waals surface area (Å²) >= 11 is 2.31. The van der Waals surface area contributed by atoms with E-state index in [0.29, 0.717) is 6.54 Å². The highest BCUT2D eigenvalue weighted by atomic mass is 127. The molecule has 1 fully saturated rings. The average Bonchev–Trinajstić information content (AvgIpc) is 3.08. The highest BCUT2D eigenvalue weighted by Crippen LogP contribution is 2.45. The number of nitrogens with zero attached hydrogens (tertiary/aromatic N) is 1. The van der Waals surface area contributed by atoms with Gasteiger partial charge in [-0.3, -0.25) is 4.79 Å². The molecule has 5 nitrogen and oxygen atoms in total. The number of hydrogen-bond donors (Lipinski definition) is 2. The summed E-state index contributed by atoms with van der Waals surface area (Å²) in [5.41, 5.74) is 2.31. The number of aliphatic hydroxyl groups excluding tert-OH is 1. The number of benzene rings is 2. The van der Waals surface area contributed by atoms with Crippen molar-refractivity contribution in [3.05, 3.63) is 69.3 Å². The van der Waals surface area contributed by atoms with Crippen LogP contribution in [0, 0.1) is 9.49 Å². The van der Waals surface area contributed by atoms with Crippen molar-refractivity contribution >= 4 is 36.8 Å². The fourth-order valence-corrected chi connectivity index (χ4v) is 8.05. The first kappa shape index (κ1) is 26.3. The minimum absolute atomic E-state index is 0.00382. The molecule has 1 saturated heterocycles. The number of carbonyl (C=O) groups is 1. The minimum Gasteiger partial charge on any atom is -0.432 e. The predicted octanol–water partition coefficient (Wildman–Crippen LogP) is 4.61. The summed E-state index contributed by atoms with van der Waals surface area (Å²) in [5.74, 6) is 0.158. The van der Waals surface area contributed by atoms with Crippen LogP contribution in [0.25, 0.3) is 0 Å². The Morgan fingerprint density at radius 3 is 2.33 bits per heavy atom. The standard InChI is InChI=1S/C26H36INO4Si/c1-19-23(14-11-20-9-12-22(27)13-10-20)32-24(26(19)33(2,3)31)17-25(30)28(15-16-29)18-21-7-5-4-6-8-21/h4-10,12-13,19,23-24,26,29,31H,11,14-18H2,1-3H3/t19-,23+,24-,26+/m0/s1. The van der Waals surface area contributed by atoms with Crippen LogP contribution in [0.5, 0.6) is 0 Å². The predicted molar refractivity (Wildman–Crippen MR) is 142 cm³/mol. The molecular formula is C26H36INO4Si. The number of amides is 1. The number of carbonyl (C=O) groups excluding carboxylic acids is 1. The summed E-state index contributed by atoms with van der Waals surface area (Å²) in [7, 11) is -2.55. The Morgan fingerprint density at radius 2 is 1.73 bits per heavy atom. The molecule has 0 radical (unpaired) electrons. The quantitative estimate of drug-likeness (QED) is 0.318. The highest BCUT2D eigenvalue weighted by Gasteiger charge is 2.50. The zero-order chi connectivity index (χ0) is 24.0. The SMILES string of the molecule is C[C@@H]1[C@@H]([Si](C)(C)O)[C@H](CC(=O)N(CCO)Cc2ccccc2)O[C@@H]1CCc1ccc(I)cc1. The number of halogens is 1. The first-order chi connectivity index (χ1) is 15.7. The second-order valence-corrected chi connectivity index (χ2v) is 14.9. The molecule has 2 aromatic rings. The molecule has 4 atom stereocenters. The smallest absolute Gasteiger partial charge is 0.225 e. The normalized spacial score (nSPS) is 23.0. The van der Waals surface area contributed by atoms with Crippen molar-refractivity contribution in [2.45, 2.75) is 63.6 Å². The fourth-order valence-electron chi connectivity index (χ4n) is 5.08. The van der Waals surface area contributed by atoms with Gasteiger partial charge in [-0.1, -0.05) is 49.4 Å². The molecule has 0 aliphatic carbocycles. The van der Waals surface area contributed by atoms with Crippen LogP contribution in [-0.2, 0) is 22.5 Å². The molecule has 0 spiro atoms. The van der Waals surface area contributed by atoms with Gasteiger partial charge in [-0.05, 0) is 77.7 Å². The summed E-state index contributed by atoms with van der Waals surface area (Å²) in [6.45, 7) is 6.73. The lowest BCUT2D eigenvalue weighted by Crippen LogP contribution is -2.42. The van der Waals surface area contributed by atoms with Gasteiger partial charge in [0.25, 0.3) is 0 Å². The van der Waals surface area contributed by atoms with Crippen LogP contribution in [0.3, 0.4) is 0 Å². The van der Waals surface area contributed by atoms with Crippen molar-refractivity contribution in [3.8, 4) is 0 Å². The van der Waals surface area contributed by atoms with Crippen LogP contribution in [0.15, 0.2) is 54.6 Å². The zero-order valence-corrected chi connectivity index (χ0v) is 22.9. The van der Waals surface area contributed by atoms with E-state index in [0.717, 1.165) is 18.4 Å². The Balaban J connectivity index is 1.69. The van der Waals surface area contributed by atoms with E-state index in [1.165, 1.54) is 9.13 Å². The molecule has 0 saturated carbocycles. The van der Waals surface area contributed by atoms with Crippen LogP contribution in [0.1, 0.15) is 30.9 Å². The van der Waals surface area contributed by atoms with Gasteiger partial charge in [-0.2, -0.15) is 0 Å². The molecule has 180 valence electrons. The molecule has 1 amide bonds. The van der Waals surface area contributed by atoms with E-state index in [4.69, 9.17) is 4.74 Å². The van der Waals surface area contributed by atoms with E-state index in [1.807, 2.05) is 43.4 Å². The number of ether oxygens (including phenoxy) is 1. The van der Waals surface area contributed by atoms with Gasteiger partial charge in [0.1, 0.15) is 0 Å². The van der Waals surface area contributed by atoms with E-state index in [2.05, 4.69) is 53.8 Å². The molecule has 0 bridgehead atoms. The van der Waals surface area contributed by atoms with Gasteiger partial charge in [-0.25, -0.2) is 0 Å². The fraction of sp³-hybridized carbons (Fsp3) is 0.500. The molecule has 33 heavy (non-hydrogen) atoms. The van der Waals surface area contributed by atoms with Gasteiger partial charge in [-0.15, -0.1) is 0 Å². The number of hydrogen-bond acceptors (Lipinski definition) is 4. The lowest BCUT2D eigenvalue weighted by Gasteiger charge is -2.31. The Hall–Kier alpha value is -1.26. The van der Waals surface area contributed by atoms with E-state index < -0.39 is 8.32 Å². The summed E-state index contributed by atoms with van der Waals surface area (Å²) in [5, 5.41) is 9.53. The molecule has 2 N–H and O–H groups in total. The first-order valence-corrected chi connectivity index (χ1v) is 15.8. The maximum atomic E-state index is 13.3. The molecule has 1 heterocycles. The van der Waals surface area contributed by atoms with Crippen LogP contribution in [0.4, 0.5) is 0 Å². The van der Waals surface area contributed by atoms with Crippen LogP contribution in [0.2, 0.25) is 18.6 Å². The molecule has 0 unspecified atom stereocenters. The van der Waals surface area contributed by atoms with Crippen LogP contribution < -0.4 is 0 Å². The lowest BCUT2D eigenvalue weighted by molar-refractivity contribution is -0.135. The van der Waals surface area contributed by atoms with E-state index in [1.54, 1.807) is 4.90 Å². The van der Waals surface area contributed by atoms with Gasteiger partial charge >= 0.3 is 0 Å². The molecular weight excluding hydrogens is 545 g/mol. The third-order valence-electron chi connectivity index (χ3n) is 6.66. The summed E-state index contributed by atoms with van der Waals surface area (Å²) in [4.78, 5) is 26.0. The summed E-state index contributed by atoms with van der Waals surface area (Å²) < 4.78 is 7.69. The first-order valence-electron chi connectivity index (χ1n) is 11.7. The van der Waals surface area contributed by atoms with Crippen molar-refractivity contribution < 1.29 is 19.4 Å². The third kappa shape index (κ3) is 7.36. The second-order valence-electron chi connectivity index (χ2n) is 9.65. The van der Waals surface area contributed by atoms with Crippen LogP contribution >= 0.6 is 22.6 Å².